The molecule has 6 nitrogen and oxygen atoms in total. The van der Waals surface area contributed by atoms with Crippen molar-refractivity contribution in [1.82, 2.24) is 19.9 Å². The quantitative estimate of drug-likeness (QED) is 0.673. The molecule has 1 fully saturated rings. The van der Waals surface area contributed by atoms with Crippen LogP contribution in [0.4, 0.5) is 0 Å². The normalized spacial score (nSPS) is 18.4. The highest BCUT2D eigenvalue weighted by Gasteiger charge is 2.39. The Morgan fingerprint density at radius 3 is 2.72 bits per heavy atom. The lowest BCUT2D eigenvalue weighted by atomic mass is 9.86. The van der Waals surface area contributed by atoms with E-state index in [1.807, 2.05) is 12.1 Å². The van der Waals surface area contributed by atoms with Gasteiger partial charge >= 0.3 is 0 Å². The molecule has 0 N–H and O–H groups in total. The van der Waals surface area contributed by atoms with Gasteiger partial charge in [0.1, 0.15) is 5.52 Å². The average molecular weight is 388 g/mol. The predicted octanol–water partition coefficient (Wildman–Crippen LogP) is 3.25. The Hall–Kier alpha value is -3.02. The first-order valence-electron chi connectivity index (χ1n) is 10.4. The van der Waals surface area contributed by atoms with Crippen molar-refractivity contribution < 1.29 is 4.79 Å². The number of carbonyl (C=O) groups excluding carboxylic acids is 1. The maximum absolute atomic E-state index is 13.2. The second-order valence-electron chi connectivity index (χ2n) is 8.02. The number of aryl methyl sites for hydroxylation is 2. The second-order valence-corrected chi connectivity index (χ2v) is 8.02. The zero-order valence-corrected chi connectivity index (χ0v) is 16.3. The van der Waals surface area contributed by atoms with Gasteiger partial charge in [0.15, 0.2) is 0 Å². The van der Waals surface area contributed by atoms with Gasteiger partial charge in [-0.2, -0.15) is 0 Å². The van der Waals surface area contributed by atoms with Gasteiger partial charge in [-0.25, -0.2) is 4.68 Å². The summed E-state index contributed by atoms with van der Waals surface area (Å²) in [6.07, 6.45) is 5.60. The number of fused-ring (bicyclic) bond motifs is 2. The summed E-state index contributed by atoms with van der Waals surface area (Å²) in [4.78, 5) is 28.0. The Morgan fingerprint density at radius 1 is 1.07 bits per heavy atom. The van der Waals surface area contributed by atoms with Crippen molar-refractivity contribution in [2.24, 2.45) is 0 Å². The Morgan fingerprint density at radius 2 is 1.86 bits per heavy atom. The molecular formula is C23H24N4O2. The lowest BCUT2D eigenvalue weighted by molar-refractivity contribution is -0.135. The van der Waals surface area contributed by atoms with Crippen molar-refractivity contribution in [1.29, 1.82) is 0 Å². The third-order valence-corrected chi connectivity index (χ3v) is 6.07. The minimum absolute atomic E-state index is 0.107. The molecule has 2 aliphatic rings. The Bertz CT molecular complexity index is 1120. The first-order chi connectivity index (χ1) is 14.2. The molecule has 2 aliphatic carbocycles. The van der Waals surface area contributed by atoms with Crippen LogP contribution in [0.5, 0.6) is 0 Å². The summed E-state index contributed by atoms with van der Waals surface area (Å²) in [5.41, 5.74) is 3.04. The molecule has 1 unspecified atom stereocenters. The molecule has 1 aromatic heterocycles. The van der Waals surface area contributed by atoms with Crippen molar-refractivity contribution in [3.05, 3.63) is 70.0 Å². The van der Waals surface area contributed by atoms with Gasteiger partial charge < -0.3 is 4.90 Å². The molecule has 1 heterocycles. The highest BCUT2D eigenvalue weighted by Crippen LogP contribution is 2.41. The largest absolute Gasteiger partial charge is 0.333 e. The van der Waals surface area contributed by atoms with Crippen molar-refractivity contribution >= 4 is 16.8 Å². The van der Waals surface area contributed by atoms with Gasteiger partial charge in [0.25, 0.3) is 5.56 Å². The van der Waals surface area contributed by atoms with E-state index in [2.05, 4.69) is 39.5 Å². The van der Waals surface area contributed by atoms with Crippen molar-refractivity contribution in [2.75, 3.05) is 0 Å². The monoisotopic (exact) mass is 388 g/mol. The maximum atomic E-state index is 13.2. The standard InChI is InChI=1S/C23H24N4O2/c28-22(14-15-26-23(29)19-9-3-4-10-20(19)24-25-26)27(17-12-13-17)21-11-5-7-16-6-1-2-8-18(16)21/h1-4,6,8-10,17,21H,5,7,11-15H2. The molecule has 2 aromatic carbocycles. The summed E-state index contributed by atoms with van der Waals surface area (Å²) in [5, 5.41) is 8.69. The van der Waals surface area contributed by atoms with Crippen molar-refractivity contribution in [3.8, 4) is 0 Å². The molecule has 0 aliphatic heterocycles. The highest BCUT2D eigenvalue weighted by molar-refractivity contribution is 5.78. The van der Waals surface area contributed by atoms with E-state index in [4.69, 9.17) is 0 Å². The number of aromatic nitrogens is 3. The molecule has 29 heavy (non-hydrogen) atoms. The van der Waals surface area contributed by atoms with Gasteiger partial charge in [-0.1, -0.05) is 41.6 Å². The molecule has 3 aromatic rings. The Kier molecular flexibility index (Phi) is 4.62. The summed E-state index contributed by atoms with van der Waals surface area (Å²) < 4.78 is 1.32. The van der Waals surface area contributed by atoms with Crippen LogP contribution in [0.3, 0.4) is 0 Å². The van der Waals surface area contributed by atoms with Crippen LogP contribution in [0.15, 0.2) is 53.3 Å². The number of benzene rings is 2. The first-order valence-corrected chi connectivity index (χ1v) is 10.4. The predicted molar refractivity (Wildman–Crippen MR) is 110 cm³/mol. The van der Waals surface area contributed by atoms with Gasteiger partial charge in [0.2, 0.25) is 5.91 Å². The zero-order valence-electron chi connectivity index (χ0n) is 16.3. The van der Waals surface area contributed by atoms with Gasteiger partial charge in [-0.15, -0.1) is 5.10 Å². The Balaban J connectivity index is 1.37. The fraction of sp³-hybridized carbons (Fsp3) is 0.391. The fourth-order valence-electron chi connectivity index (χ4n) is 4.50. The van der Waals surface area contributed by atoms with E-state index in [0.29, 0.717) is 16.9 Å². The molecule has 6 heteroatoms. The second kappa shape index (κ2) is 7.43. The van der Waals surface area contributed by atoms with E-state index in [-0.39, 0.29) is 30.5 Å². The number of carbonyl (C=O) groups is 1. The fourth-order valence-corrected chi connectivity index (χ4v) is 4.50. The van der Waals surface area contributed by atoms with E-state index in [1.54, 1.807) is 12.1 Å². The third-order valence-electron chi connectivity index (χ3n) is 6.07. The lowest BCUT2D eigenvalue weighted by Gasteiger charge is -2.36. The number of amides is 1. The van der Waals surface area contributed by atoms with E-state index >= 15 is 0 Å². The van der Waals surface area contributed by atoms with Crippen LogP contribution < -0.4 is 5.56 Å². The minimum atomic E-state index is -0.190. The van der Waals surface area contributed by atoms with E-state index in [0.717, 1.165) is 32.1 Å². The van der Waals surface area contributed by atoms with Gasteiger partial charge in [-0.05, 0) is 55.4 Å². The molecule has 0 saturated heterocycles. The molecule has 5 rings (SSSR count). The summed E-state index contributed by atoms with van der Waals surface area (Å²) in [5.74, 6) is 0.107. The van der Waals surface area contributed by atoms with Crippen molar-refractivity contribution in [3.63, 3.8) is 0 Å². The first kappa shape index (κ1) is 18.0. The molecule has 0 spiro atoms. The van der Waals surface area contributed by atoms with Gasteiger partial charge in [-0.3, -0.25) is 9.59 Å². The van der Waals surface area contributed by atoms with Crippen LogP contribution >= 0.6 is 0 Å². The van der Waals surface area contributed by atoms with Crippen LogP contribution in [0.25, 0.3) is 10.9 Å². The van der Waals surface area contributed by atoms with Crippen LogP contribution in [0.2, 0.25) is 0 Å². The summed E-state index contributed by atoms with van der Waals surface area (Å²) in [7, 11) is 0. The summed E-state index contributed by atoms with van der Waals surface area (Å²) >= 11 is 0. The number of hydrogen-bond acceptors (Lipinski definition) is 4. The minimum Gasteiger partial charge on any atom is -0.333 e. The number of hydrogen-bond donors (Lipinski definition) is 0. The number of nitrogens with zero attached hydrogens (tertiary/aromatic N) is 4. The molecule has 148 valence electrons. The topological polar surface area (TPSA) is 68.1 Å². The maximum Gasteiger partial charge on any atom is 0.277 e. The zero-order chi connectivity index (χ0) is 19.8. The Labute approximate surface area is 169 Å². The smallest absolute Gasteiger partial charge is 0.277 e. The molecule has 0 radical (unpaired) electrons. The average Bonchev–Trinajstić information content (AvgIpc) is 3.59. The summed E-state index contributed by atoms with van der Waals surface area (Å²) in [6.45, 7) is 0.257. The molecule has 1 amide bonds. The van der Waals surface area contributed by atoms with E-state index < -0.39 is 0 Å². The highest BCUT2D eigenvalue weighted by atomic mass is 16.2. The van der Waals surface area contributed by atoms with Crippen LogP contribution in [0, 0.1) is 0 Å². The van der Waals surface area contributed by atoms with E-state index in [9.17, 15) is 9.59 Å². The van der Waals surface area contributed by atoms with E-state index in [1.165, 1.54) is 15.8 Å². The SMILES string of the molecule is O=C(CCn1nnc2ccccc2c1=O)N(C1CC1)C1CCCc2ccccc21. The molecular weight excluding hydrogens is 364 g/mol. The van der Waals surface area contributed by atoms with Crippen LogP contribution in [0.1, 0.15) is 49.3 Å². The van der Waals surface area contributed by atoms with Crippen LogP contribution in [-0.4, -0.2) is 31.8 Å². The van der Waals surface area contributed by atoms with Gasteiger partial charge in [0.05, 0.1) is 18.0 Å². The van der Waals surface area contributed by atoms with Crippen LogP contribution in [-0.2, 0) is 17.8 Å². The lowest BCUT2D eigenvalue weighted by Crippen LogP contribution is -2.39. The molecule has 0 bridgehead atoms. The third kappa shape index (κ3) is 3.43. The van der Waals surface area contributed by atoms with Gasteiger partial charge in [0, 0.05) is 12.5 Å². The molecule has 1 saturated carbocycles. The molecule has 1 atom stereocenters. The summed E-state index contributed by atoms with van der Waals surface area (Å²) in [6, 6.07) is 16.1. The number of rotatable bonds is 5. The van der Waals surface area contributed by atoms with Crippen molar-refractivity contribution in [2.45, 2.75) is 57.2 Å².